The second-order valence-electron chi connectivity index (χ2n) is 10.8. The largest absolute Gasteiger partial charge is 0.387 e. The molecule has 4 aromatic rings. The molecule has 1 saturated carbocycles. The molecule has 0 spiro atoms. The van der Waals surface area contributed by atoms with Crippen LogP contribution in [0.25, 0.3) is 16.9 Å². The number of rotatable bonds is 8. The molecule has 0 aromatic carbocycles. The molecule has 1 atom stereocenters. The first-order chi connectivity index (χ1) is 19.1. The third kappa shape index (κ3) is 5.98. The number of aliphatic hydroxyl groups is 1. The second kappa shape index (κ2) is 11.3. The van der Waals surface area contributed by atoms with Gasteiger partial charge in [0.1, 0.15) is 12.2 Å². The van der Waals surface area contributed by atoms with Crippen molar-refractivity contribution in [3.63, 3.8) is 0 Å². The maximum atomic E-state index is 14.4. The zero-order valence-corrected chi connectivity index (χ0v) is 23.5. The molecule has 4 heterocycles. The summed E-state index contributed by atoms with van der Waals surface area (Å²) in [4.78, 5) is 23.4. The van der Waals surface area contributed by atoms with Crippen LogP contribution in [0.4, 0.5) is 10.1 Å². The van der Waals surface area contributed by atoms with Gasteiger partial charge in [0.15, 0.2) is 0 Å². The number of aromatic nitrogens is 4. The first-order valence-electron chi connectivity index (χ1n) is 13.3. The molecule has 0 radical (unpaired) electrons. The lowest BCUT2D eigenvalue weighted by Crippen LogP contribution is -2.42. The summed E-state index contributed by atoms with van der Waals surface area (Å²) >= 11 is 1.75. The van der Waals surface area contributed by atoms with E-state index in [0.29, 0.717) is 34.1 Å². The SMILES string of the molecule is Cc1ncc([C@H]2CC[C@H](Nc3cc(-c4ccc5cc(C#N)cnn45)ncc3C(=O)NC[C@@H](F)C(C)(C)O)CC2)s1. The maximum absolute atomic E-state index is 14.4. The summed E-state index contributed by atoms with van der Waals surface area (Å²) in [5, 5.41) is 30.8. The number of fused-ring (bicyclic) bond motifs is 1. The quantitative estimate of drug-likeness (QED) is 0.276. The fourth-order valence-electron chi connectivity index (χ4n) is 4.99. The minimum Gasteiger partial charge on any atom is -0.387 e. The lowest BCUT2D eigenvalue weighted by molar-refractivity contribution is -0.00177. The van der Waals surface area contributed by atoms with E-state index >= 15 is 0 Å². The maximum Gasteiger partial charge on any atom is 0.255 e. The van der Waals surface area contributed by atoms with Gasteiger partial charge in [0.05, 0.1) is 57.1 Å². The van der Waals surface area contributed by atoms with Crippen molar-refractivity contribution in [2.24, 2.45) is 0 Å². The number of thiazole rings is 1. The Labute approximate surface area is 236 Å². The van der Waals surface area contributed by atoms with E-state index in [1.807, 2.05) is 31.3 Å². The van der Waals surface area contributed by atoms with Gasteiger partial charge in [0.2, 0.25) is 0 Å². The minimum atomic E-state index is -1.62. The number of hydrogen-bond donors (Lipinski definition) is 3. The highest BCUT2D eigenvalue weighted by Crippen LogP contribution is 2.37. The summed E-state index contributed by atoms with van der Waals surface area (Å²) in [6.07, 6.45) is 7.23. The number of nitrogens with zero attached hydrogens (tertiary/aromatic N) is 5. The van der Waals surface area contributed by atoms with Crippen LogP contribution in [0.2, 0.25) is 0 Å². The van der Waals surface area contributed by atoms with Crippen molar-refractivity contribution in [3.8, 4) is 17.5 Å². The Morgan fingerprint density at radius 3 is 2.67 bits per heavy atom. The molecule has 9 nitrogen and oxygen atoms in total. The third-order valence-electron chi connectivity index (χ3n) is 7.38. The molecule has 0 unspecified atom stereocenters. The van der Waals surface area contributed by atoms with Crippen molar-refractivity contribution in [3.05, 3.63) is 63.9 Å². The number of alkyl halides is 1. The Morgan fingerprint density at radius 2 is 2.00 bits per heavy atom. The number of amides is 1. The number of anilines is 1. The van der Waals surface area contributed by atoms with Crippen molar-refractivity contribution in [1.29, 1.82) is 5.26 Å². The van der Waals surface area contributed by atoms with Gasteiger partial charge in [-0.25, -0.2) is 13.9 Å². The van der Waals surface area contributed by atoms with Gasteiger partial charge in [-0.3, -0.25) is 9.78 Å². The molecule has 3 N–H and O–H groups in total. The van der Waals surface area contributed by atoms with Gasteiger partial charge in [0.25, 0.3) is 5.91 Å². The number of halogens is 1. The first-order valence-corrected chi connectivity index (χ1v) is 14.2. The van der Waals surface area contributed by atoms with Crippen LogP contribution in [-0.2, 0) is 0 Å². The number of pyridine rings is 1. The van der Waals surface area contributed by atoms with Crippen LogP contribution in [0.15, 0.2) is 42.9 Å². The normalized spacial score (nSPS) is 18.3. The molecule has 5 rings (SSSR count). The summed E-state index contributed by atoms with van der Waals surface area (Å²) < 4.78 is 16.1. The van der Waals surface area contributed by atoms with Crippen LogP contribution < -0.4 is 10.6 Å². The first kappa shape index (κ1) is 27.7. The van der Waals surface area contributed by atoms with E-state index in [-0.39, 0.29) is 12.6 Å². The lowest BCUT2D eigenvalue weighted by atomic mass is 9.85. The van der Waals surface area contributed by atoms with E-state index in [9.17, 15) is 19.6 Å². The molecule has 0 saturated heterocycles. The van der Waals surface area contributed by atoms with Gasteiger partial charge in [-0.05, 0) is 76.6 Å². The topological polar surface area (TPSA) is 128 Å². The third-order valence-corrected chi connectivity index (χ3v) is 8.45. The summed E-state index contributed by atoms with van der Waals surface area (Å²) in [6.45, 7) is 4.43. The molecule has 1 amide bonds. The smallest absolute Gasteiger partial charge is 0.255 e. The Kier molecular flexibility index (Phi) is 7.83. The standard InChI is InChI=1S/C29H32FN7O2S/c1-17-32-15-26(40-17)19-4-6-20(7-5-19)36-23-11-24(25-9-8-21-10-18(12-31)13-35-37(21)25)33-14-22(23)28(38)34-16-27(30)29(2,3)39/h8-11,13-15,19-20,27,39H,4-7,16H2,1-3H3,(H,33,36)(H,34,38)/t19-,20-,27-/m1/s1. The number of carbonyl (C=O) groups excluding carboxylic acids is 1. The van der Waals surface area contributed by atoms with Crippen LogP contribution in [-0.4, -0.2) is 55.0 Å². The second-order valence-corrected chi connectivity index (χ2v) is 12.1. The molecule has 0 bridgehead atoms. The van der Waals surface area contributed by atoms with Crippen LogP contribution in [0.5, 0.6) is 0 Å². The van der Waals surface area contributed by atoms with Gasteiger partial charge >= 0.3 is 0 Å². The summed E-state index contributed by atoms with van der Waals surface area (Å²) in [5.41, 5.74) is 1.86. The predicted octanol–water partition coefficient (Wildman–Crippen LogP) is 5.01. The van der Waals surface area contributed by atoms with E-state index in [0.717, 1.165) is 36.2 Å². The van der Waals surface area contributed by atoms with Gasteiger partial charge in [-0.2, -0.15) is 10.4 Å². The van der Waals surface area contributed by atoms with E-state index in [1.165, 1.54) is 31.1 Å². The minimum absolute atomic E-state index is 0.151. The van der Waals surface area contributed by atoms with E-state index in [2.05, 4.69) is 31.8 Å². The highest BCUT2D eigenvalue weighted by atomic mass is 32.1. The molecule has 11 heteroatoms. The van der Waals surface area contributed by atoms with Crippen molar-refractivity contribution >= 4 is 28.4 Å². The Hall–Kier alpha value is -3.88. The highest BCUT2D eigenvalue weighted by molar-refractivity contribution is 7.11. The van der Waals surface area contributed by atoms with Crippen molar-refractivity contribution in [2.75, 3.05) is 11.9 Å². The molecule has 1 aliphatic carbocycles. The molecule has 1 fully saturated rings. The fourth-order valence-corrected chi connectivity index (χ4v) is 5.94. The zero-order valence-electron chi connectivity index (χ0n) is 22.7. The monoisotopic (exact) mass is 561 g/mol. The van der Waals surface area contributed by atoms with Gasteiger partial charge in [-0.1, -0.05) is 0 Å². The van der Waals surface area contributed by atoms with Crippen LogP contribution in [0.1, 0.15) is 71.3 Å². The molecule has 1 aliphatic rings. The Balaban J connectivity index is 1.40. The summed E-state index contributed by atoms with van der Waals surface area (Å²) in [5.74, 6) is 0.0129. The fraction of sp³-hybridized carbons (Fsp3) is 0.414. The van der Waals surface area contributed by atoms with Gasteiger partial charge < -0.3 is 15.7 Å². The number of nitriles is 1. The van der Waals surface area contributed by atoms with Crippen molar-refractivity contribution in [1.82, 2.24) is 24.9 Å². The van der Waals surface area contributed by atoms with Crippen LogP contribution in [0.3, 0.4) is 0 Å². The molecule has 40 heavy (non-hydrogen) atoms. The average Bonchev–Trinajstić information content (AvgIpc) is 3.57. The Bertz CT molecular complexity index is 1560. The van der Waals surface area contributed by atoms with Gasteiger partial charge in [-0.15, -0.1) is 11.3 Å². The lowest BCUT2D eigenvalue weighted by Gasteiger charge is -2.30. The average molecular weight is 562 g/mol. The molecular formula is C29H32FN7O2S. The number of nitrogens with one attached hydrogen (secondary N) is 2. The van der Waals surface area contributed by atoms with E-state index in [4.69, 9.17) is 0 Å². The van der Waals surface area contributed by atoms with Gasteiger partial charge in [0, 0.05) is 23.3 Å². The predicted molar refractivity (Wildman–Crippen MR) is 152 cm³/mol. The number of aryl methyl sites for hydroxylation is 1. The van der Waals surface area contributed by atoms with Crippen LogP contribution >= 0.6 is 11.3 Å². The van der Waals surface area contributed by atoms with E-state index < -0.39 is 17.7 Å². The Morgan fingerprint density at radius 1 is 1.23 bits per heavy atom. The molecule has 0 aliphatic heterocycles. The van der Waals surface area contributed by atoms with E-state index in [1.54, 1.807) is 21.9 Å². The highest BCUT2D eigenvalue weighted by Gasteiger charge is 2.28. The molecule has 208 valence electrons. The summed E-state index contributed by atoms with van der Waals surface area (Å²) in [6, 6.07) is 9.54. The van der Waals surface area contributed by atoms with Crippen molar-refractivity contribution < 1.29 is 14.3 Å². The molecular weight excluding hydrogens is 529 g/mol. The zero-order chi connectivity index (χ0) is 28.4. The van der Waals surface area contributed by atoms with Crippen molar-refractivity contribution in [2.45, 2.75) is 70.2 Å². The number of hydrogen-bond acceptors (Lipinski definition) is 8. The number of carbonyl (C=O) groups is 1. The summed E-state index contributed by atoms with van der Waals surface area (Å²) in [7, 11) is 0. The van der Waals surface area contributed by atoms with Crippen LogP contribution in [0, 0.1) is 18.3 Å². The molecule has 4 aromatic heterocycles.